The summed E-state index contributed by atoms with van der Waals surface area (Å²) < 4.78 is 4.33. The van der Waals surface area contributed by atoms with Crippen LogP contribution < -0.4 is 0 Å². The number of para-hydroxylation sites is 4. The first-order valence-electron chi connectivity index (χ1n) is 8.38. The molecule has 0 aliphatic heterocycles. The van der Waals surface area contributed by atoms with Crippen LogP contribution in [0.3, 0.4) is 0 Å². The van der Waals surface area contributed by atoms with Crippen molar-refractivity contribution in [3.8, 4) is 0 Å². The van der Waals surface area contributed by atoms with Gasteiger partial charge in [0.1, 0.15) is 11.6 Å². The molecule has 0 aliphatic carbocycles. The Hall–Kier alpha value is -1.57. The molecule has 0 fully saturated rings. The van der Waals surface area contributed by atoms with E-state index in [1.165, 1.54) is 11.0 Å². The third kappa shape index (κ3) is 4.47. The van der Waals surface area contributed by atoms with Crippen LogP contribution in [-0.2, 0) is 40.1 Å². The van der Waals surface area contributed by atoms with Gasteiger partial charge in [-0.15, -0.1) is 0 Å². The molecule has 0 saturated heterocycles. The quantitative estimate of drug-likeness (QED) is 0.462. The fourth-order valence-corrected chi connectivity index (χ4v) is 3.21. The summed E-state index contributed by atoms with van der Waals surface area (Å²) in [5.41, 5.74) is 4.43. The maximum atomic E-state index is 4.75. The third-order valence-corrected chi connectivity index (χ3v) is 4.58. The molecule has 5 nitrogen and oxygen atoms in total. The van der Waals surface area contributed by atoms with E-state index in [1.54, 1.807) is 0 Å². The molecular weight excluding hydrogens is 428 g/mol. The van der Waals surface area contributed by atoms with E-state index >= 15 is 0 Å². The molecule has 27 heavy (non-hydrogen) atoms. The van der Waals surface area contributed by atoms with Crippen LogP contribution in [-0.4, -0.2) is 31.0 Å². The topological polar surface area (TPSA) is 38.9 Å². The number of aryl methyl sites for hydroxylation is 2. The van der Waals surface area contributed by atoms with Gasteiger partial charge in [-0.1, -0.05) is 24.3 Å². The Morgan fingerprint density at radius 3 is 1.56 bits per heavy atom. The molecule has 0 radical (unpaired) electrons. The van der Waals surface area contributed by atoms with Gasteiger partial charge in [-0.3, -0.25) is 4.90 Å². The Balaban J connectivity index is 0.000000659. The molecule has 0 bridgehead atoms. The molecule has 4 rings (SSSR count). The summed E-state index contributed by atoms with van der Waals surface area (Å²) in [4.78, 5) is 11.8. The number of nitrogens with zero attached hydrogens (tertiary/aromatic N) is 5. The van der Waals surface area contributed by atoms with Gasteiger partial charge < -0.3 is 9.13 Å². The second-order valence-electron chi connectivity index (χ2n) is 6.37. The van der Waals surface area contributed by atoms with Crippen molar-refractivity contribution in [2.75, 3.05) is 7.05 Å². The normalized spacial score (nSPS) is 11.3. The molecular formula is C19H21Cl2CoN5+. The first-order valence-corrected chi connectivity index (χ1v) is 11.2. The Labute approximate surface area is 173 Å². The Bertz CT molecular complexity index is 961. The summed E-state index contributed by atoms with van der Waals surface area (Å²) in [6, 6.07) is 16.5. The molecule has 0 atom stereocenters. The molecule has 0 spiro atoms. The number of aromatic nitrogens is 4. The minimum absolute atomic E-state index is 0.382. The molecule has 0 aliphatic rings. The van der Waals surface area contributed by atoms with Gasteiger partial charge in [-0.25, -0.2) is 9.97 Å². The summed E-state index contributed by atoms with van der Waals surface area (Å²) in [6.45, 7) is 1.57. The first kappa shape index (κ1) is 20.2. The minimum atomic E-state index is 0.382. The SMILES string of the molecule is CN(Cc1nc2ccccc2n1C)Cc1nc2ccccc2n1C.[Cl][Co+][Cl]. The van der Waals surface area contributed by atoms with Crippen molar-refractivity contribution in [2.24, 2.45) is 14.1 Å². The molecule has 144 valence electrons. The predicted octanol–water partition coefficient (Wildman–Crippen LogP) is 4.47. The van der Waals surface area contributed by atoms with Gasteiger partial charge in [0, 0.05) is 14.1 Å². The van der Waals surface area contributed by atoms with E-state index in [-0.39, 0.29) is 0 Å². The van der Waals surface area contributed by atoms with Crippen LogP contribution in [0.15, 0.2) is 48.5 Å². The molecule has 8 heteroatoms. The van der Waals surface area contributed by atoms with Crippen LogP contribution in [0.2, 0.25) is 0 Å². The van der Waals surface area contributed by atoms with Crippen molar-refractivity contribution >= 4 is 42.4 Å². The van der Waals surface area contributed by atoms with Crippen LogP contribution in [0.4, 0.5) is 0 Å². The van der Waals surface area contributed by atoms with Crippen LogP contribution in [0.25, 0.3) is 22.1 Å². The fraction of sp³-hybridized carbons (Fsp3) is 0.263. The second-order valence-corrected chi connectivity index (χ2v) is 8.09. The molecule has 0 N–H and O–H groups in total. The monoisotopic (exact) mass is 448 g/mol. The first-order chi connectivity index (χ1) is 13.0. The van der Waals surface area contributed by atoms with Gasteiger partial charge in [0.05, 0.1) is 35.2 Å². The zero-order chi connectivity index (χ0) is 19.4. The van der Waals surface area contributed by atoms with Crippen molar-refractivity contribution in [1.82, 2.24) is 24.0 Å². The molecule has 2 aromatic heterocycles. The Morgan fingerprint density at radius 2 is 1.19 bits per heavy atom. The average Bonchev–Trinajstić information content (AvgIpc) is 3.14. The number of imidazole rings is 2. The Kier molecular flexibility index (Phi) is 6.78. The zero-order valence-electron chi connectivity index (χ0n) is 15.4. The number of benzene rings is 2. The predicted molar refractivity (Wildman–Crippen MR) is 108 cm³/mol. The van der Waals surface area contributed by atoms with E-state index < -0.39 is 0 Å². The van der Waals surface area contributed by atoms with Gasteiger partial charge in [-0.2, -0.15) is 0 Å². The van der Waals surface area contributed by atoms with Gasteiger partial charge in [0.15, 0.2) is 0 Å². The van der Waals surface area contributed by atoms with Crippen LogP contribution >= 0.6 is 20.3 Å². The van der Waals surface area contributed by atoms with E-state index in [0.717, 1.165) is 35.8 Å². The molecule has 2 aromatic carbocycles. The number of hydrogen-bond acceptors (Lipinski definition) is 3. The average molecular weight is 449 g/mol. The van der Waals surface area contributed by atoms with Crippen molar-refractivity contribution < 1.29 is 12.9 Å². The summed E-state index contributed by atoms with van der Waals surface area (Å²) in [5, 5.41) is 0. The van der Waals surface area contributed by atoms with Gasteiger partial charge in [0.2, 0.25) is 0 Å². The molecule has 4 aromatic rings. The van der Waals surface area contributed by atoms with Crippen LogP contribution in [0.5, 0.6) is 0 Å². The maximum absolute atomic E-state index is 4.75. The van der Waals surface area contributed by atoms with E-state index in [1.807, 2.05) is 12.1 Å². The zero-order valence-corrected chi connectivity index (χ0v) is 17.9. The van der Waals surface area contributed by atoms with Gasteiger partial charge in [-0.05, 0) is 31.3 Å². The number of fused-ring (bicyclic) bond motifs is 2. The number of hydrogen-bond donors (Lipinski definition) is 0. The fourth-order valence-electron chi connectivity index (χ4n) is 3.21. The van der Waals surface area contributed by atoms with Gasteiger partial charge >= 0.3 is 33.2 Å². The summed E-state index contributed by atoms with van der Waals surface area (Å²) in [7, 11) is 15.7. The summed E-state index contributed by atoms with van der Waals surface area (Å²) in [5.74, 6) is 2.13. The summed E-state index contributed by atoms with van der Waals surface area (Å²) >= 11 is 0.382. The van der Waals surface area contributed by atoms with E-state index in [4.69, 9.17) is 30.3 Å². The Morgan fingerprint density at radius 1 is 0.815 bits per heavy atom. The van der Waals surface area contributed by atoms with Crippen molar-refractivity contribution in [3.05, 3.63) is 60.2 Å². The van der Waals surface area contributed by atoms with Crippen molar-refractivity contribution in [3.63, 3.8) is 0 Å². The van der Waals surface area contributed by atoms with E-state index in [9.17, 15) is 0 Å². The summed E-state index contributed by atoms with van der Waals surface area (Å²) in [6.07, 6.45) is 0. The molecule has 0 unspecified atom stereocenters. The van der Waals surface area contributed by atoms with E-state index in [2.05, 4.69) is 71.6 Å². The van der Waals surface area contributed by atoms with Crippen LogP contribution in [0, 0.1) is 0 Å². The molecule has 2 heterocycles. The third-order valence-electron chi connectivity index (χ3n) is 4.58. The van der Waals surface area contributed by atoms with Crippen molar-refractivity contribution in [1.29, 1.82) is 0 Å². The number of rotatable bonds is 4. The van der Waals surface area contributed by atoms with Gasteiger partial charge in [0.25, 0.3) is 0 Å². The second kappa shape index (κ2) is 9.08. The van der Waals surface area contributed by atoms with Crippen molar-refractivity contribution in [2.45, 2.75) is 13.1 Å². The van der Waals surface area contributed by atoms with Crippen LogP contribution in [0.1, 0.15) is 11.6 Å². The standard InChI is InChI=1S/C19H21N5.2ClH.Co/c1-22(12-18-20-14-8-4-6-10-16(14)23(18)2)13-19-21-15-9-5-7-11-17(15)24(19)3;;;/h4-11H,12-13H2,1-3H3;2*1H;/q;;;+3/p-2. The number of halogens is 2. The van der Waals surface area contributed by atoms with E-state index in [0.29, 0.717) is 12.9 Å². The molecule has 0 amide bonds. The molecule has 0 saturated carbocycles.